The molecule has 1 atom stereocenters. The summed E-state index contributed by atoms with van der Waals surface area (Å²) in [6.07, 6.45) is 18.4. The second-order valence-electron chi connectivity index (χ2n) is 10.3. The van der Waals surface area contributed by atoms with Gasteiger partial charge in [-0.25, -0.2) is 4.79 Å². The number of carbonyl (C=O) groups is 2. The third-order valence-corrected chi connectivity index (χ3v) is 5.66. The van der Waals surface area contributed by atoms with Crippen LogP contribution in [-0.4, -0.2) is 40.8 Å². The van der Waals surface area contributed by atoms with E-state index >= 15 is 0 Å². The maximum Gasteiger partial charge on any atom is 0.413 e. The lowest BCUT2D eigenvalue weighted by Crippen LogP contribution is -2.51. The third-order valence-electron chi connectivity index (χ3n) is 5.66. The first-order chi connectivity index (χ1) is 14.6. The summed E-state index contributed by atoms with van der Waals surface area (Å²) in [7, 11) is 0. The molecule has 180 valence electrons. The molecule has 1 heterocycles. The van der Waals surface area contributed by atoms with Gasteiger partial charge in [-0.15, -0.1) is 0 Å². The van der Waals surface area contributed by atoms with Gasteiger partial charge < -0.3 is 9.47 Å². The van der Waals surface area contributed by atoms with Crippen LogP contribution in [0.3, 0.4) is 0 Å². The number of unbranched alkanes of at least 4 members (excludes halogenated alkanes) is 11. The van der Waals surface area contributed by atoms with Gasteiger partial charge in [-0.2, -0.15) is 0 Å². The van der Waals surface area contributed by atoms with Gasteiger partial charge in [-0.3, -0.25) is 9.69 Å². The molecular weight excluding hydrogens is 390 g/mol. The molecule has 0 N–H and O–H groups in total. The van der Waals surface area contributed by atoms with E-state index in [0.717, 1.165) is 12.8 Å². The number of allylic oxidation sites excluding steroid dienone is 1. The molecule has 1 aliphatic heterocycles. The fraction of sp³-hybridized carbons (Fsp3) is 0.846. The van der Waals surface area contributed by atoms with E-state index in [1.165, 1.54) is 69.1 Å². The van der Waals surface area contributed by atoms with Crippen LogP contribution in [0.2, 0.25) is 0 Å². The van der Waals surface area contributed by atoms with Gasteiger partial charge in [0.1, 0.15) is 17.4 Å². The van der Waals surface area contributed by atoms with Crippen LogP contribution in [0, 0.1) is 0 Å². The Bertz CT molecular complexity index is 562. The standard InChI is InChI=1S/C26H47NO4/c1-7-8-9-10-11-12-13-14-15-16-17-18-19-20-23(28)22-21-30-26(5,6)27(22)24(29)31-25(2,3)4/h19-20,22H,7-18,21H2,1-6H3/t22-/m0/s1. The maximum absolute atomic E-state index is 12.7. The molecule has 0 aromatic rings. The minimum absolute atomic E-state index is 0.0977. The number of hydrogen-bond acceptors (Lipinski definition) is 4. The molecule has 31 heavy (non-hydrogen) atoms. The molecule has 0 aromatic carbocycles. The molecule has 0 aromatic heterocycles. The zero-order valence-electron chi connectivity index (χ0n) is 21.0. The Morgan fingerprint density at radius 3 is 2.00 bits per heavy atom. The van der Waals surface area contributed by atoms with Crippen LogP contribution >= 0.6 is 0 Å². The van der Waals surface area contributed by atoms with Gasteiger partial charge in [0.25, 0.3) is 0 Å². The fourth-order valence-corrected chi connectivity index (χ4v) is 3.91. The summed E-state index contributed by atoms with van der Waals surface area (Å²) in [4.78, 5) is 26.8. The molecule has 5 heteroatoms. The summed E-state index contributed by atoms with van der Waals surface area (Å²) < 4.78 is 11.2. The Morgan fingerprint density at radius 1 is 0.968 bits per heavy atom. The van der Waals surface area contributed by atoms with E-state index in [2.05, 4.69) is 6.92 Å². The highest BCUT2D eigenvalue weighted by atomic mass is 16.6. The molecule has 1 amide bonds. The van der Waals surface area contributed by atoms with Gasteiger partial charge in [0.15, 0.2) is 5.78 Å². The number of nitrogens with zero attached hydrogens (tertiary/aromatic N) is 1. The minimum Gasteiger partial charge on any atom is -0.444 e. The molecular formula is C26H47NO4. The largest absolute Gasteiger partial charge is 0.444 e. The van der Waals surface area contributed by atoms with Crippen LogP contribution in [0.25, 0.3) is 0 Å². The van der Waals surface area contributed by atoms with E-state index in [9.17, 15) is 9.59 Å². The van der Waals surface area contributed by atoms with E-state index in [0.29, 0.717) is 0 Å². The van der Waals surface area contributed by atoms with Crippen LogP contribution < -0.4 is 0 Å². The molecule has 1 rings (SSSR count). The molecule has 1 fully saturated rings. The zero-order chi connectivity index (χ0) is 23.3. The number of carbonyl (C=O) groups excluding carboxylic acids is 2. The molecule has 0 aliphatic carbocycles. The van der Waals surface area contributed by atoms with Crippen LogP contribution in [0.15, 0.2) is 12.2 Å². The topological polar surface area (TPSA) is 55.8 Å². The fourth-order valence-electron chi connectivity index (χ4n) is 3.91. The number of ether oxygens (including phenoxy) is 2. The van der Waals surface area contributed by atoms with Crippen LogP contribution in [-0.2, 0) is 14.3 Å². The summed E-state index contributed by atoms with van der Waals surface area (Å²) >= 11 is 0. The Hall–Kier alpha value is -1.36. The Kier molecular flexibility index (Phi) is 12.4. The van der Waals surface area contributed by atoms with Crippen LogP contribution in [0.5, 0.6) is 0 Å². The first kappa shape index (κ1) is 27.7. The lowest BCUT2D eigenvalue weighted by Gasteiger charge is -2.34. The predicted octanol–water partition coefficient (Wildman–Crippen LogP) is 7.18. The molecule has 1 saturated heterocycles. The SMILES string of the molecule is CCCCCCCCCCCCCC=CC(=O)[C@@H]1COC(C)(C)N1C(=O)OC(C)(C)C. The molecule has 0 bridgehead atoms. The first-order valence-corrected chi connectivity index (χ1v) is 12.4. The zero-order valence-corrected chi connectivity index (χ0v) is 21.0. The van der Waals surface area contributed by atoms with Crippen molar-refractivity contribution in [1.82, 2.24) is 4.90 Å². The molecule has 0 radical (unpaired) electrons. The summed E-state index contributed by atoms with van der Waals surface area (Å²) in [6, 6.07) is -0.626. The van der Waals surface area contributed by atoms with E-state index in [4.69, 9.17) is 9.47 Å². The van der Waals surface area contributed by atoms with Crippen LogP contribution in [0.1, 0.15) is 119 Å². The Morgan fingerprint density at radius 2 is 1.48 bits per heavy atom. The molecule has 0 saturated carbocycles. The van der Waals surface area contributed by atoms with Crippen molar-refractivity contribution < 1.29 is 19.1 Å². The smallest absolute Gasteiger partial charge is 0.413 e. The Balaban J connectivity index is 2.27. The number of hydrogen-bond donors (Lipinski definition) is 0. The van der Waals surface area contributed by atoms with Gasteiger partial charge in [0, 0.05) is 0 Å². The van der Waals surface area contributed by atoms with E-state index < -0.39 is 23.5 Å². The van der Waals surface area contributed by atoms with Crippen molar-refractivity contribution in [3.05, 3.63) is 12.2 Å². The summed E-state index contributed by atoms with van der Waals surface area (Å²) in [5.74, 6) is -0.0977. The maximum atomic E-state index is 12.7. The predicted molar refractivity (Wildman–Crippen MR) is 127 cm³/mol. The highest BCUT2D eigenvalue weighted by Gasteiger charge is 2.48. The molecule has 5 nitrogen and oxygen atoms in total. The lowest BCUT2D eigenvalue weighted by molar-refractivity contribution is -0.120. The summed E-state index contributed by atoms with van der Waals surface area (Å²) in [5.41, 5.74) is -1.47. The highest BCUT2D eigenvalue weighted by Crippen LogP contribution is 2.30. The third kappa shape index (κ3) is 11.2. The van der Waals surface area contributed by atoms with Gasteiger partial charge in [-0.1, -0.05) is 77.2 Å². The van der Waals surface area contributed by atoms with E-state index in [1.807, 2.05) is 26.8 Å². The Labute approximate surface area is 190 Å². The first-order valence-electron chi connectivity index (χ1n) is 12.4. The molecule has 0 spiro atoms. The van der Waals surface area contributed by atoms with Crippen molar-refractivity contribution in [3.63, 3.8) is 0 Å². The second-order valence-corrected chi connectivity index (χ2v) is 10.3. The van der Waals surface area contributed by atoms with Crippen LogP contribution in [0.4, 0.5) is 4.79 Å². The number of amides is 1. The average molecular weight is 438 g/mol. The van der Waals surface area contributed by atoms with Crippen molar-refractivity contribution in [2.24, 2.45) is 0 Å². The van der Waals surface area contributed by atoms with Gasteiger partial charge >= 0.3 is 6.09 Å². The number of rotatable bonds is 14. The normalized spacial score (nSPS) is 18.6. The molecule has 0 unspecified atom stereocenters. The van der Waals surface area contributed by atoms with E-state index in [-0.39, 0.29) is 12.4 Å². The van der Waals surface area contributed by atoms with Crippen molar-refractivity contribution in [2.45, 2.75) is 136 Å². The quantitative estimate of drug-likeness (QED) is 0.213. The van der Waals surface area contributed by atoms with Crippen molar-refractivity contribution in [3.8, 4) is 0 Å². The van der Waals surface area contributed by atoms with Crippen molar-refractivity contribution >= 4 is 11.9 Å². The summed E-state index contributed by atoms with van der Waals surface area (Å²) in [6.45, 7) is 11.5. The minimum atomic E-state index is -0.855. The summed E-state index contributed by atoms with van der Waals surface area (Å²) in [5, 5.41) is 0. The highest BCUT2D eigenvalue weighted by molar-refractivity contribution is 5.96. The second kappa shape index (κ2) is 13.9. The van der Waals surface area contributed by atoms with Gasteiger partial charge in [0.2, 0.25) is 0 Å². The van der Waals surface area contributed by atoms with E-state index in [1.54, 1.807) is 19.9 Å². The van der Waals surface area contributed by atoms with Gasteiger partial charge in [0.05, 0.1) is 6.61 Å². The average Bonchev–Trinajstić information content (AvgIpc) is 2.99. The number of ketones is 1. The van der Waals surface area contributed by atoms with Crippen molar-refractivity contribution in [2.75, 3.05) is 6.61 Å². The lowest BCUT2D eigenvalue weighted by atomic mass is 10.0. The van der Waals surface area contributed by atoms with Crippen molar-refractivity contribution in [1.29, 1.82) is 0 Å². The van der Waals surface area contributed by atoms with Gasteiger partial charge in [-0.05, 0) is 53.5 Å². The monoisotopic (exact) mass is 437 g/mol. The molecule has 1 aliphatic rings.